The van der Waals surface area contributed by atoms with Crippen molar-refractivity contribution in [3.8, 4) is 0 Å². The summed E-state index contributed by atoms with van der Waals surface area (Å²) in [5.41, 5.74) is 0. The SMILES string of the molecule is O[C@H]1C=C[P@@](c2ccccc2)C1. The molecule has 1 aromatic rings. The van der Waals surface area contributed by atoms with Gasteiger partial charge in [0.2, 0.25) is 0 Å². The highest BCUT2D eigenvalue weighted by Gasteiger charge is 2.16. The van der Waals surface area contributed by atoms with Gasteiger partial charge in [-0.15, -0.1) is 0 Å². The van der Waals surface area contributed by atoms with Crippen molar-refractivity contribution < 1.29 is 5.11 Å². The zero-order chi connectivity index (χ0) is 8.39. The first-order valence-electron chi connectivity index (χ1n) is 4.04. The van der Waals surface area contributed by atoms with E-state index in [1.807, 2.05) is 12.1 Å². The van der Waals surface area contributed by atoms with Gasteiger partial charge in [-0.2, -0.15) is 0 Å². The van der Waals surface area contributed by atoms with Crippen molar-refractivity contribution in [2.75, 3.05) is 6.16 Å². The minimum atomic E-state index is -0.212. The van der Waals surface area contributed by atoms with Crippen molar-refractivity contribution in [2.24, 2.45) is 0 Å². The summed E-state index contributed by atoms with van der Waals surface area (Å²) in [5.74, 6) is 2.15. The molecule has 0 fully saturated rings. The van der Waals surface area contributed by atoms with Gasteiger partial charge in [-0.1, -0.05) is 42.2 Å². The van der Waals surface area contributed by atoms with E-state index in [1.165, 1.54) is 5.30 Å². The number of aliphatic hydroxyl groups is 1. The Balaban J connectivity index is 2.18. The maximum Gasteiger partial charge on any atom is 0.0769 e. The van der Waals surface area contributed by atoms with E-state index in [9.17, 15) is 5.11 Å². The average Bonchev–Trinajstić information content (AvgIpc) is 2.54. The van der Waals surface area contributed by atoms with Crippen LogP contribution in [-0.2, 0) is 0 Å². The third-order valence-corrected chi connectivity index (χ3v) is 4.22. The van der Waals surface area contributed by atoms with Gasteiger partial charge in [0.1, 0.15) is 0 Å². The van der Waals surface area contributed by atoms with Crippen LogP contribution in [-0.4, -0.2) is 17.4 Å². The average molecular weight is 178 g/mol. The summed E-state index contributed by atoms with van der Waals surface area (Å²) in [4.78, 5) is 0. The summed E-state index contributed by atoms with van der Waals surface area (Å²) in [7, 11) is -0.210. The highest BCUT2D eigenvalue weighted by molar-refractivity contribution is 7.69. The Kier molecular flexibility index (Phi) is 2.25. The molecule has 62 valence electrons. The van der Waals surface area contributed by atoms with Crippen LogP contribution in [0.5, 0.6) is 0 Å². The summed E-state index contributed by atoms with van der Waals surface area (Å²) < 4.78 is 0. The van der Waals surface area contributed by atoms with Gasteiger partial charge in [-0.05, 0) is 13.2 Å². The smallest absolute Gasteiger partial charge is 0.0769 e. The summed E-state index contributed by atoms with van der Waals surface area (Å²) in [5, 5.41) is 10.7. The molecule has 1 heterocycles. The largest absolute Gasteiger partial charge is 0.389 e. The first-order valence-corrected chi connectivity index (χ1v) is 5.64. The van der Waals surface area contributed by atoms with Gasteiger partial charge in [-0.25, -0.2) is 0 Å². The van der Waals surface area contributed by atoms with Gasteiger partial charge < -0.3 is 5.11 Å². The summed E-state index contributed by atoms with van der Waals surface area (Å²) in [6.45, 7) is 0. The number of hydrogen-bond acceptors (Lipinski definition) is 1. The number of benzene rings is 1. The lowest BCUT2D eigenvalue weighted by Crippen LogP contribution is -2.06. The van der Waals surface area contributed by atoms with Crippen LogP contribution in [0.1, 0.15) is 0 Å². The van der Waals surface area contributed by atoms with Crippen molar-refractivity contribution in [3.05, 3.63) is 42.2 Å². The van der Waals surface area contributed by atoms with Gasteiger partial charge in [-0.3, -0.25) is 0 Å². The molecular weight excluding hydrogens is 167 g/mol. The van der Waals surface area contributed by atoms with E-state index >= 15 is 0 Å². The van der Waals surface area contributed by atoms with Gasteiger partial charge in [0, 0.05) is 6.16 Å². The maximum absolute atomic E-state index is 9.29. The molecule has 1 nitrogen and oxygen atoms in total. The molecule has 0 unspecified atom stereocenters. The molecule has 0 spiro atoms. The molecule has 2 heteroatoms. The quantitative estimate of drug-likeness (QED) is 0.649. The van der Waals surface area contributed by atoms with Crippen LogP contribution in [0.2, 0.25) is 0 Å². The number of rotatable bonds is 1. The lowest BCUT2D eigenvalue weighted by Gasteiger charge is -2.08. The second-order valence-corrected chi connectivity index (χ2v) is 5.02. The van der Waals surface area contributed by atoms with Crippen LogP contribution in [0.25, 0.3) is 0 Å². The molecule has 2 atom stereocenters. The number of hydrogen-bond donors (Lipinski definition) is 1. The Morgan fingerprint density at radius 1 is 1.25 bits per heavy atom. The van der Waals surface area contributed by atoms with Gasteiger partial charge >= 0.3 is 0 Å². The standard InChI is InChI=1S/C10H11OP/c11-9-6-7-12(8-9)10-4-2-1-3-5-10/h1-7,9,11H,8H2/t9-,12+/m0/s1. The highest BCUT2D eigenvalue weighted by atomic mass is 31.1. The Bertz CT molecular complexity index is 281. The van der Waals surface area contributed by atoms with Crippen molar-refractivity contribution in [1.29, 1.82) is 0 Å². The third kappa shape index (κ3) is 1.57. The van der Waals surface area contributed by atoms with Crippen molar-refractivity contribution >= 4 is 13.2 Å². The van der Waals surface area contributed by atoms with Gasteiger partial charge in [0.15, 0.2) is 0 Å². The van der Waals surface area contributed by atoms with E-state index in [4.69, 9.17) is 0 Å². The molecule has 0 amide bonds. The van der Waals surface area contributed by atoms with E-state index in [0.29, 0.717) is 0 Å². The lowest BCUT2D eigenvalue weighted by atomic mass is 10.4. The van der Waals surface area contributed by atoms with Crippen LogP contribution in [0.4, 0.5) is 0 Å². The van der Waals surface area contributed by atoms with Crippen molar-refractivity contribution in [3.63, 3.8) is 0 Å². The van der Waals surface area contributed by atoms with E-state index in [1.54, 1.807) is 0 Å². The molecular formula is C10H11OP. The molecule has 0 saturated carbocycles. The van der Waals surface area contributed by atoms with Crippen LogP contribution in [0.15, 0.2) is 42.2 Å². The molecule has 1 aliphatic heterocycles. The van der Waals surface area contributed by atoms with E-state index in [2.05, 4.69) is 30.1 Å². The predicted molar refractivity (Wildman–Crippen MR) is 53.0 cm³/mol. The van der Waals surface area contributed by atoms with Crippen LogP contribution in [0.3, 0.4) is 0 Å². The highest BCUT2D eigenvalue weighted by Crippen LogP contribution is 2.41. The minimum absolute atomic E-state index is 0.210. The predicted octanol–water partition coefficient (Wildman–Crippen LogP) is 1.68. The molecule has 0 aromatic heterocycles. The van der Waals surface area contributed by atoms with Crippen LogP contribution in [0, 0.1) is 0 Å². The lowest BCUT2D eigenvalue weighted by molar-refractivity contribution is 0.250. The second kappa shape index (κ2) is 3.38. The molecule has 1 N–H and O–H groups in total. The summed E-state index contributed by atoms with van der Waals surface area (Å²) in [6.07, 6.45) is 2.59. The summed E-state index contributed by atoms with van der Waals surface area (Å²) >= 11 is 0. The fourth-order valence-electron chi connectivity index (χ4n) is 1.34. The topological polar surface area (TPSA) is 20.2 Å². The van der Waals surface area contributed by atoms with E-state index < -0.39 is 0 Å². The van der Waals surface area contributed by atoms with E-state index in [0.717, 1.165) is 6.16 Å². The summed E-state index contributed by atoms with van der Waals surface area (Å²) in [6, 6.07) is 10.4. The monoisotopic (exact) mass is 178 g/mol. The minimum Gasteiger partial charge on any atom is -0.389 e. The van der Waals surface area contributed by atoms with Gasteiger partial charge in [0.25, 0.3) is 0 Å². The van der Waals surface area contributed by atoms with Gasteiger partial charge in [0.05, 0.1) is 6.10 Å². The molecule has 0 bridgehead atoms. The fraction of sp³-hybridized carbons (Fsp3) is 0.200. The van der Waals surface area contributed by atoms with Crippen molar-refractivity contribution in [1.82, 2.24) is 0 Å². The molecule has 2 rings (SSSR count). The Morgan fingerprint density at radius 3 is 2.58 bits per heavy atom. The zero-order valence-corrected chi connectivity index (χ0v) is 7.61. The molecule has 1 aromatic carbocycles. The Hall–Kier alpha value is -0.650. The Morgan fingerprint density at radius 2 is 2.00 bits per heavy atom. The second-order valence-electron chi connectivity index (χ2n) is 2.90. The molecule has 1 aliphatic rings. The van der Waals surface area contributed by atoms with E-state index in [-0.39, 0.29) is 14.0 Å². The zero-order valence-electron chi connectivity index (χ0n) is 6.72. The normalized spacial score (nSPS) is 27.8. The van der Waals surface area contributed by atoms with Crippen LogP contribution >= 0.6 is 7.92 Å². The third-order valence-electron chi connectivity index (χ3n) is 1.96. The molecule has 0 aliphatic carbocycles. The molecule has 12 heavy (non-hydrogen) atoms. The Labute approximate surface area is 73.5 Å². The molecule has 0 radical (unpaired) electrons. The number of aliphatic hydroxyl groups excluding tert-OH is 1. The first kappa shape index (κ1) is 7.97. The first-order chi connectivity index (χ1) is 5.86. The van der Waals surface area contributed by atoms with Crippen molar-refractivity contribution in [2.45, 2.75) is 6.10 Å². The molecule has 0 saturated heterocycles. The van der Waals surface area contributed by atoms with Crippen LogP contribution < -0.4 is 5.30 Å². The maximum atomic E-state index is 9.29. The fourth-order valence-corrected chi connectivity index (χ4v) is 3.33.